The number of piperazine rings is 1. The largest absolute Gasteiger partial charge is 0.494 e. The monoisotopic (exact) mass is 445 g/mol. The fourth-order valence-electron chi connectivity index (χ4n) is 4.44. The molecule has 1 fully saturated rings. The minimum atomic E-state index is 0.0858. The highest BCUT2D eigenvalue weighted by Gasteiger charge is 2.23. The first-order valence-corrected chi connectivity index (χ1v) is 12.2. The molecule has 1 aliphatic heterocycles. The van der Waals surface area contributed by atoms with E-state index in [2.05, 4.69) is 49.9 Å². The average Bonchev–Trinajstić information content (AvgIpc) is 2.84. The molecule has 5 nitrogen and oxygen atoms in total. The molecule has 1 aliphatic rings. The normalized spacial score (nSPS) is 14.0. The van der Waals surface area contributed by atoms with Crippen LogP contribution >= 0.6 is 0 Å². The van der Waals surface area contributed by atoms with Gasteiger partial charge in [-0.25, -0.2) is 4.98 Å². The fraction of sp³-hybridized carbons (Fsp3) is 0.429. The summed E-state index contributed by atoms with van der Waals surface area (Å²) >= 11 is 0. The molecule has 1 saturated heterocycles. The van der Waals surface area contributed by atoms with E-state index in [0.717, 1.165) is 48.8 Å². The van der Waals surface area contributed by atoms with E-state index in [1.54, 1.807) is 0 Å². The molecule has 33 heavy (non-hydrogen) atoms. The first-order chi connectivity index (χ1) is 16.1. The standard InChI is InChI=1S/C28H35N3O2/c1-4-5-6-7-19-33-24-13-11-23(12-14-24)28(32)31-17-15-30(16-18-31)26-20-22(3)25-10-8-9-21(2)27(25)29-26/h8-14,20H,4-7,15-19H2,1-3H3. The molecule has 0 spiro atoms. The zero-order chi connectivity index (χ0) is 23.2. The lowest BCUT2D eigenvalue weighted by molar-refractivity contribution is 0.0746. The van der Waals surface area contributed by atoms with Gasteiger partial charge in [0.15, 0.2) is 0 Å². The fourth-order valence-corrected chi connectivity index (χ4v) is 4.44. The molecule has 0 atom stereocenters. The molecule has 174 valence electrons. The van der Waals surface area contributed by atoms with E-state index in [1.807, 2.05) is 29.2 Å². The number of para-hydroxylation sites is 1. The molecule has 1 aromatic heterocycles. The van der Waals surface area contributed by atoms with Gasteiger partial charge < -0.3 is 14.5 Å². The summed E-state index contributed by atoms with van der Waals surface area (Å²) in [6.45, 7) is 10.2. The molecule has 5 heteroatoms. The zero-order valence-corrected chi connectivity index (χ0v) is 20.1. The Balaban J connectivity index is 1.34. The maximum atomic E-state index is 13.0. The van der Waals surface area contributed by atoms with Gasteiger partial charge in [0.05, 0.1) is 12.1 Å². The Morgan fingerprint density at radius 3 is 2.42 bits per heavy atom. The Kier molecular flexibility index (Phi) is 7.48. The third kappa shape index (κ3) is 5.47. The predicted octanol–water partition coefficient (Wildman–Crippen LogP) is 5.77. The maximum absolute atomic E-state index is 13.0. The number of aromatic nitrogens is 1. The lowest BCUT2D eigenvalue weighted by Crippen LogP contribution is -2.49. The predicted molar refractivity (Wildman–Crippen MR) is 135 cm³/mol. The van der Waals surface area contributed by atoms with E-state index in [4.69, 9.17) is 9.72 Å². The van der Waals surface area contributed by atoms with Gasteiger partial charge >= 0.3 is 0 Å². The van der Waals surface area contributed by atoms with Crippen molar-refractivity contribution in [3.63, 3.8) is 0 Å². The van der Waals surface area contributed by atoms with Crippen molar-refractivity contribution in [1.82, 2.24) is 9.88 Å². The van der Waals surface area contributed by atoms with E-state index in [1.165, 1.54) is 35.8 Å². The van der Waals surface area contributed by atoms with Crippen molar-refractivity contribution in [1.29, 1.82) is 0 Å². The van der Waals surface area contributed by atoms with Gasteiger partial charge in [0.25, 0.3) is 5.91 Å². The summed E-state index contributed by atoms with van der Waals surface area (Å²) in [7, 11) is 0. The second-order valence-corrected chi connectivity index (χ2v) is 8.98. The Bertz CT molecular complexity index is 1090. The highest BCUT2D eigenvalue weighted by atomic mass is 16.5. The topological polar surface area (TPSA) is 45.7 Å². The molecule has 0 radical (unpaired) electrons. The maximum Gasteiger partial charge on any atom is 0.253 e. The zero-order valence-electron chi connectivity index (χ0n) is 20.1. The average molecular weight is 446 g/mol. The van der Waals surface area contributed by atoms with Crippen molar-refractivity contribution >= 4 is 22.6 Å². The Morgan fingerprint density at radius 2 is 1.70 bits per heavy atom. The molecular formula is C28H35N3O2. The molecule has 0 aliphatic carbocycles. The summed E-state index contributed by atoms with van der Waals surface area (Å²) in [5.41, 5.74) is 4.22. The van der Waals surface area contributed by atoms with Crippen LogP contribution in [0.3, 0.4) is 0 Å². The number of fused-ring (bicyclic) bond motifs is 1. The number of hydrogen-bond donors (Lipinski definition) is 0. The molecule has 0 saturated carbocycles. The highest BCUT2D eigenvalue weighted by molar-refractivity contribution is 5.94. The molecule has 4 rings (SSSR count). The number of nitrogens with zero attached hydrogens (tertiary/aromatic N) is 3. The third-order valence-corrected chi connectivity index (χ3v) is 6.49. The van der Waals surface area contributed by atoms with E-state index in [-0.39, 0.29) is 5.91 Å². The van der Waals surface area contributed by atoms with E-state index in [0.29, 0.717) is 13.1 Å². The SMILES string of the molecule is CCCCCCOc1ccc(C(=O)N2CCN(c3cc(C)c4cccc(C)c4n3)CC2)cc1. The van der Waals surface area contributed by atoms with Crippen LogP contribution in [0.4, 0.5) is 5.82 Å². The smallest absolute Gasteiger partial charge is 0.253 e. The first kappa shape index (κ1) is 23.1. The Hall–Kier alpha value is -3.08. The van der Waals surface area contributed by atoms with Crippen LogP contribution in [-0.4, -0.2) is 48.6 Å². The quantitative estimate of drug-likeness (QED) is 0.413. The van der Waals surface area contributed by atoms with E-state index in [9.17, 15) is 4.79 Å². The van der Waals surface area contributed by atoms with Gasteiger partial charge in [-0.05, 0) is 61.7 Å². The number of benzene rings is 2. The number of aryl methyl sites for hydroxylation is 2. The number of hydrogen-bond acceptors (Lipinski definition) is 4. The van der Waals surface area contributed by atoms with Crippen LogP contribution in [0.25, 0.3) is 10.9 Å². The second-order valence-electron chi connectivity index (χ2n) is 8.98. The second kappa shape index (κ2) is 10.7. The van der Waals surface area contributed by atoms with Crippen LogP contribution < -0.4 is 9.64 Å². The van der Waals surface area contributed by atoms with Crippen molar-refractivity contribution < 1.29 is 9.53 Å². The molecule has 0 bridgehead atoms. The number of rotatable bonds is 8. The third-order valence-electron chi connectivity index (χ3n) is 6.49. The summed E-state index contributed by atoms with van der Waals surface area (Å²) in [5.74, 6) is 1.92. The number of unbranched alkanes of at least 4 members (excludes halogenated alkanes) is 3. The number of carbonyl (C=O) groups is 1. The van der Waals surface area contributed by atoms with Gasteiger partial charge in [-0.2, -0.15) is 0 Å². The van der Waals surface area contributed by atoms with Crippen LogP contribution in [0.2, 0.25) is 0 Å². The van der Waals surface area contributed by atoms with Crippen LogP contribution in [-0.2, 0) is 0 Å². The minimum absolute atomic E-state index is 0.0858. The summed E-state index contributed by atoms with van der Waals surface area (Å²) in [5, 5.41) is 1.21. The van der Waals surface area contributed by atoms with Crippen molar-refractivity contribution in [3.05, 3.63) is 65.2 Å². The van der Waals surface area contributed by atoms with Crippen molar-refractivity contribution in [2.24, 2.45) is 0 Å². The summed E-state index contributed by atoms with van der Waals surface area (Å²) < 4.78 is 5.81. The molecule has 2 heterocycles. The Morgan fingerprint density at radius 1 is 0.939 bits per heavy atom. The number of anilines is 1. The van der Waals surface area contributed by atoms with Gasteiger partial charge in [-0.1, -0.05) is 44.4 Å². The lowest BCUT2D eigenvalue weighted by atomic mass is 10.1. The molecule has 0 N–H and O–H groups in total. The van der Waals surface area contributed by atoms with Crippen LogP contribution in [0, 0.1) is 13.8 Å². The van der Waals surface area contributed by atoms with E-state index < -0.39 is 0 Å². The van der Waals surface area contributed by atoms with Gasteiger partial charge in [0, 0.05) is 37.1 Å². The van der Waals surface area contributed by atoms with Crippen LogP contribution in [0.15, 0.2) is 48.5 Å². The summed E-state index contributed by atoms with van der Waals surface area (Å²) in [6, 6.07) is 16.1. The molecular weight excluding hydrogens is 410 g/mol. The van der Waals surface area contributed by atoms with Crippen molar-refractivity contribution in [2.45, 2.75) is 46.5 Å². The van der Waals surface area contributed by atoms with Crippen molar-refractivity contribution in [3.8, 4) is 5.75 Å². The number of ether oxygens (including phenoxy) is 1. The minimum Gasteiger partial charge on any atom is -0.494 e. The Labute approximate surface area is 197 Å². The molecule has 0 unspecified atom stereocenters. The van der Waals surface area contributed by atoms with Gasteiger partial charge in [0.1, 0.15) is 11.6 Å². The lowest BCUT2D eigenvalue weighted by Gasteiger charge is -2.35. The van der Waals surface area contributed by atoms with Crippen LogP contribution in [0.5, 0.6) is 5.75 Å². The molecule has 1 amide bonds. The summed E-state index contributed by atoms with van der Waals surface area (Å²) in [6.07, 6.45) is 4.75. The summed E-state index contributed by atoms with van der Waals surface area (Å²) in [4.78, 5) is 22.2. The van der Waals surface area contributed by atoms with Crippen molar-refractivity contribution in [2.75, 3.05) is 37.7 Å². The van der Waals surface area contributed by atoms with E-state index >= 15 is 0 Å². The highest BCUT2D eigenvalue weighted by Crippen LogP contribution is 2.25. The molecule has 3 aromatic rings. The van der Waals surface area contributed by atoms with Gasteiger partial charge in [0.2, 0.25) is 0 Å². The first-order valence-electron chi connectivity index (χ1n) is 12.2. The van der Waals surface area contributed by atoms with Crippen LogP contribution in [0.1, 0.15) is 54.1 Å². The number of amides is 1. The number of pyridine rings is 1. The van der Waals surface area contributed by atoms with Gasteiger partial charge in [-0.15, -0.1) is 0 Å². The van der Waals surface area contributed by atoms with Gasteiger partial charge in [-0.3, -0.25) is 4.79 Å². The number of carbonyl (C=O) groups excluding carboxylic acids is 1. The molecule has 2 aromatic carbocycles.